The number of hydrogen-bond donors (Lipinski definition) is 0. The van der Waals surface area contributed by atoms with E-state index in [0.717, 1.165) is 29.2 Å². The van der Waals surface area contributed by atoms with E-state index in [2.05, 4.69) is 39.0 Å². The van der Waals surface area contributed by atoms with Gasteiger partial charge in [-0.15, -0.1) is 0 Å². The van der Waals surface area contributed by atoms with Gasteiger partial charge in [0, 0.05) is 13.3 Å². The monoisotopic (exact) mass is 342 g/mol. The molecule has 4 heteroatoms. The van der Waals surface area contributed by atoms with E-state index in [1.54, 1.807) is 0 Å². The van der Waals surface area contributed by atoms with Gasteiger partial charge in [0.2, 0.25) is 0 Å². The van der Waals surface area contributed by atoms with Crippen LogP contribution in [-0.2, 0) is 20.7 Å². The first-order valence-electron chi connectivity index (χ1n) is 8.64. The highest BCUT2D eigenvalue weighted by Crippen LogP contribution is 2.34. The van der Waals surface area contributed by atoms with Gasteiger partial charge in [-0.1, -0.05) is 26.0 Å². The van der Waals surface area contributed by atoms with E-state index in [-0.39, 0.29) is 17.9 Å². The van der Waals surface area contributed by atoms with E-state index in [0.29, 0.717) is 12.2 Å². The summed E-state index contributed by atoms with van der Waals surface area (Å²) in [6, 6.07) is 8.26. The molecule has 2 aromatic rings. The number of aryl methyl sites for hydroxylation is 2. The van der Waals surface area contributed by atoms with Gasteiger partial charge in [-0.25, -0.2) is 0 Å². The number of carbonyl (C=O) groups is 2. The van der Waals surface area contributed by atoms with Crippen molar-refractivity contribution in [1.29, 1.82) is 0 Å². The molecule has 0 atom stereocenters. The minimum Gasteiger partial charge on any atom is -0.469 e. The number of benzene rings is 2. The van der Waals surface area contributed by atoms with Gasteiger partial charge in [-0.05, 0) is 65.3 Å². The van der Waals surface area contributed by atoms with Crippen molar-refractivity contribution in [2.75, 3.05) is 7.11 Å². The van der Waals surface area contributed by atoms with Crippen molar-refractivity contribution in [3.63, 3.8) is 0 Å². The number of hydrogen-bond acceptors (Lipinski definition) is 4. The third-order valence-corrected chi connectivity index (χ3v) is 4.41. The Morgan fingerprint density at radius 2 is 1.88 bits per heavy atom. The highest BCUT2D eigenvalue weighted by atomic mass is 16.5. The summed E-state index contributed by atoms with van der Waals surface area (Å²) in [4.78, 5) is 22.8. The zero-order chi connectivity index (χ0) is 18.6. The van der Waals surface area contributed by atoms with Crippen LogP contribution in [-0.4, -0.2) is 19.0 Å². The summed E-state index contributed by atoms with van der Waals surface area (Å²) in [6.07, 6.45) is 1.90. The molecule has 4 nitrogen and oxygen atoms in total. The van der Waals surface area contributed by atoms with Crippen LogP contribution < -0.4 is 4.74 Å². The van der Waals surface area contributed by atoms with Gasteiger partial charge in [0.05, 0.1) is 7.11 Å². The molecule has 0 heterocycles. The average Bonchev–Trinajstić information content (AvgIpc) is 2.55. The van der Waals surface area contributed by atoms with Gasteiger partial charge in [0.1, 0.15) is 5.75 Å². The Bertz CT molecular complexity index is 790. The molecule has 2 rings (SSSR count). The molecule has 0 bridgehead atoms. The topological polar surface area (TPSA) is 52.6 Å². The predicted octanol–water partition coefficient (Wildman–Crippen LogP) is 4.69. The van der Waals surface area contributed by atoms with Crippen LogP contribution in [0.4, 0.5) is 0 Å². The highest BCUT2D eigenvalue weighted by Gasteiger charge is 2.15. The molecule has 0 saturated carbocycles. The second-order valence-electron chi connectivity index (χ2n) is 6.65. The lowest BCUT2D eigenvalue weighted by molar-refractivity contribution is -0.140. The fourth-order valence-corrected chi connectivity index (χ4v) is 3.08. The van der Waals surface area contributed by atoms with Crippen LogP contribution in [0.5, 0.6) is 5.75 Å². The molecule has 0 aliphatic carbocycles. The van der Waals surface area contributed by atoms with Crippen LogP contribution in [0.3, 0.4) is 0 Å². The first kappa shape index (κ1) is 19.0. The molecule has 0 amide bonds. The lowest BCUT2D eigenvalue weighted by Crippen LogP contribution is -2.06. The van der Waals surface area contributed by atoms with Crippen LogP contribution in [0.25, 0.3) is 10.8 Å². The molecule has 2 aromatic carbocycles. The Labute approximate surface area is 149 Å². The van der Waals surface area contributed by atoms with Crippen molar-refractivity contribution < 1.29 is 19.1 Å². The zero-order valence-corrected chi connectivity index (χ0v) is 15.6. The van der Waals surface area contributed by atoms with Crippen molar-refractivity contribution in [3.05, 3.63) is 41.0 Å². The molecule has 0 N–H and O–H groups in total. The summed E-state index contributed by atoms with van der Waals surface area (Å²) in [5.74, 6) is 0.361. The largest absolute Gasteiger partial charge is 0.469 e. The molecule has 134 valence electrons. The summed E-state index contributed by atoms with van der Waals surface area (Å²) >= 11 is 0. The summed E-state index contributed by atoms with van der Waals surface area (Å²) in [6.45, 7) is 7.65. The first-order chi connectivity index (χ1) is 11.8. The normalized spacial score (nSPS) is 11.0. The Morgan fingerprint density at radius 1 is 1.16 bits per heavy atom. The molecule has 0 saturated heterocycles. The number of fused-ring (bicyclic) bond motifs is 1. The Hall–Kier alpha value is -2.36. The van der Waals surface area contributed by atoms with E-state index in [1.807, 2.05) is 6.07 Å². The summed E-state index contributed by atoms with van der Waals surface area (Å²) < 4.78 is 10.2. The van der Waals surface area contributed by atoms with Gasteiger partial charge >= 0.3 is 11.9 Å². The van der Waals surface area contributed by atoms with Crippen molar-refractivity contribution in [2.45, 2.75) is 52.9 Å². The van der Waals surface area contributed by atoms with E-state index in [1.165, 1.54) is 25.2 Å². The Balaban J connectivity index is 2.48. The third kappa shape index (κ3) is 4.59. The fourth-order valence-electron chi connectivity index (χ4n) is 3.08. The summed E-state index contributed by atoms with van der Waals surface area (Å²) in [5, 5.41) is 2.20. The van der Waals surface area contributed by atoms with E-state index in [9.17, 15) is 9.59 Å². The van der Waals surface area contributed by atoms with Gasteiger partial charge < -0.3 is 9.47 Å². The number of carbonyl (C=O) groups excluding carboxylic acids is 2. The second-order valence-corrected chi connectivity index (χ2v) is 6.65. The van der Waals surface area contributed by atoms with Crippen molar-refractivity contribution >= 4 is 22.7 Å². The van der Waals surface area contributed by atoms with Crippen molar-refractivity contribution in [2.24, 2.45) is 0 Å². The standard InChI is InChI=1S/C21H26O4/c1-13(2)18-11-16-10-9-14(3)17(7-6-8-21(23)24-5)19(16)12-20(18)25-15(4)22/h9-13H,6-8H2,1-5H3. The number of ether oxygens (including phenoxy) is 2. The smallest absolute Gasteiger partial charge is 0.308 e. The fraction of sp³-hybridized carbons (Fsp3) is 0.429. The van der Waals surface area contributed by atoms with Gasteiger partial charge in [-0.2, -0.15) is 0 Å². The lowest BCUT2D eigenvalue weighted by atomic mass is 9.92. The number of methoxy groups -OCH3 is 1. The van der Waals surface area contributed by atoms with Gasteiger partial charge in [-0.3, -0.25) is 9.59 Å². The van der Waals surface area contributed by atoms with Crippen LogP contribution in [0.15, 0.2) is 24.3 Å². The second kappa shape index (κ2) is 8.15. The van der Waals surface area contributed by atoms with Crippen molar-refractivity contribution in [1.82, 2.24) is 0 Å². The maximum atomic E-state index is 11.5. The Kier molecular flexibility index (Phi) is 6.18. The van der Waals surface area contributed by atoms with Crippen molar-refractivity contribution in [3.8, 4) is 5.75 Å². The van der Waals surface area contributed by atoms with E-state index < -0.39 is 0 Å². The maximum Gasteiger partial charge on any atom is 0.308 e. The minimum atomic E-state index is -0.318. The summed E-state index contributed by atoms with van der Waals surface area (Å²) in [7, 11) is 1.41. The van der Waals surface area contributed by atoms with Crippen LogP contribution in [0, 0.1) is 6.92 Å². The number of esters is 2. The zero-order valence-electron chi connectivity index (χ0n) is 15.6. The summed E-state index contributed by atoms with van der Waals surface area (Å²) in [5.41, 5.74) is 3.38. The highest BCUT2D eigenvalue weighted by molar-refractivity contribution is 5.90. The quantitative estimate of drug-likeness (QED) is 0.564. The number of rotatable bonds is 6. The van der Waals surface area contributed by atoms with E-state index >= 15 is 0 Å². The molecular weight excluding hydrogens is 316 g/mol. The molecule has 0 aromatic heterocycles. The molecule has 0 aliphatic rings. The van der Waals surface area contributed by atoms with Gasteiger partial charge in [0.25, 0.3) is 0 Å². The van der Waals surface area contributed by atoms with Crippen LogP contribution in [0.2, 0.25) is 0 Å². The Morgan fingerprint density at radius 3 is 2.48 bits per heavy atom. The molecule has 0 aliphatic heterocycles. The van der Waals surface area contributed by atoms with Gasteiger partial charge in [0.15, 0.2) is 0 Å². The maximum absolute atomic E-state index is 11.5. The molecule has 0 radical (unpaired) electrons. The third-order valence-electron chi connectivity index (χ3n) is 4.41. The van der Waals surface area contributed by atoms with Crippen LogP contribution in [0.1, 0.15) is 56.2 Å². The molecule has 25 heavy (non-hydrogen) atoms. The molecular formula is C21H26O4. The SMILES string of the molecule is COC(=O)CCCc1c(C)ccc2cc(C(C)C)c(OC(C)=O)cc12. The molecule has 0 fully saturated rings. The molecule has 0 unspecified atom stereocenters. The average molecular weight is 342 g/mol. The lowest BCUT2D eigenvalue weighted by Gasteiger charge is -2.17. The molecule has 0 spiro atoms. The predicted molar refractivity (Wildman–Crippen MR) is 99.0 cm³/mol. The van der Waals surface area contributed by atoms with E-state index in [4.69, 9.17) is 9.47 Å². The first-order valence-corrected chi connectivity index (χ1v) is 8.64. The van der Waals surface area contributed by atoms with Crippen LogP contribution >= 0.6 is 0 Å². The minimum absolute atomic E-state index is 0.194.